The average molecular weight is 373 g/mol. The third-order valence-corrected chi connectivity index (χ3v) is 4.79. The first-order valence-electron chi connectivity index (χ1n) is 7.28. The van der Waals surface area contributed by atoms with E-state index >= 15 is 0 Å². The van der Waals surface area contributed by atoms with E-state index < -0.39 is 5.97 Å². The molecule has 0 saturated carbocycles. The zero-order chi connectivity index (χ0) is 18.0. The third kappa shape index (κ3) is 3.94. The number of halogens is 1. The predicted molar refractivity (Wildman–Crippen MR) is 99.8 cm³/mol. The first kappa shape index (κ1) is 17.3. The molecule has 4 nitrogen and oxygen atoms in total. The van der Waals surface area contributed by atoms with Gasteiger partial charge in [-0.05, 0) is 41.5 Å². The van der Waals surface area contributed by atoms with E-state index in [2.05, 4.69) is 0 Å². The van der Waals surface area contributed by atoms with Gasteiger partial charge in [0.05, 0.1) is 17.0 Å². The van der Waals surface area contributed by atoms with E-state index in [0.717, 1.165) is 11.8 Å². The van der Waals surface area contributed by atoms with Crippen molar-refractivity contribution in [2.75, 3.05) is 4.90 Å². The van der Waals surface area contributed by atoms with Gasteiger partial charge in [-0.3, -0.25) is 14.5 Å². The van der Waals surface area contributed by atoms with E-state index in [1.165, 1.54) is 17.0 Å². The molecule has 0 aliphatic carbocycles. The Morgan fingerprint density at radius 2 is 1.96 bits per heavy atom. The van der Waals surface area contributed by atoms with Crippen LogP contribution in [0.4, 0.5) is 10.1 Å². The fraction of sp³-hybridized carbons (Fsp3) is 0.0556. The number of hydrogen-bond acceptors (Lipinski definition) is 4. The summed E-state index contributed by atoms with van der Waals surface area (Å²) in [6.45, 7) is 0. The van der Waals surface area contributed by atoms with E-state index in [0.29, 0.717) is 26.0 Å². The maximum atomic E-state index is 13.3. The van der Waals surface area contributed by atoms with Crippen LogP contribution in [0.25, 0.3) is 6.08 Å². The van der Waals surface area contributed by atoms with Crippen molar-refractivity contribution in [3.8, 4) is 0 Å². The molecule has 7 heteroatoms. The highest BCUT2D eigenvalue weighted by molar-refractivity contribution is 8.27. The van der Waals surface area contributed by atoms with Gasteiger partial charge in [0.2, 0.25) is 0 Å². The second-order valence-corrected chi connectivity index (χ2v) is 6.98. The van der Waals surface area contributed by atoms with E-state index in [1.807, 2.05) is 0 Å². The Bertz CT molecular complexity index is 893. The molecule has 1 saturated heterocycles. The van der Waals surface area contributed by atoms with E-state index in [4.69, 9.17) is 17.3 Å². The number of aliphatic carboxylic acids is 1. The van der Waals surface area contributed by atoms with Crippen LogP contribution in [0, 0.1) is 5.82 Å². The fourth-order valence-corrected chi connectivity index (χ4v) is 3.67. The summed E-state index contributed by atoms with van der Waals surface area (Å²) in [6, 6.07) is 12.6. The number of thioether (sulfide) groups is 1. The zero-order valence-electron chi connectivity index (χ0n) is 12.8. The van der Waals surface area contributed by atoms with Crippen LogP contribution < -0.4 is 4.90 Å². The molecule has 0 spiro atoms. The van der Waals surface area contributed by atoms with Gasteiger partial charge in [0, 0.05) is 0 Å². The van der Waals surface area contributed by atoms with Gasteiger partial charge in [-0.1, -0.05) is 48.2 Å². The second-order valence-electron chi connectivity index (χ2n) is 5.31. The number of hydrogen-bond donors (Lipinski definition) is 1. The molecular formula is C18H12FNO3S2. The van der Waals surface area contributed by atoms with Crippen LogP contribution in [-0.2, 0) is 16.0 Å². The first-order valence-corrected chi connectivity index (χ1v) is 8.51. The number of nitrogens with zero attached hydrogens (tertiary/aromatic N) is 1. The molecule has 0 atom stereocenters. The van der Waals surface area contributed by atoms with Crippen LogP contribution in [0.5, 0.6) is 0 Å². The van der Waals surface area contributed by atoms with Crippen LogP contribution in [0.1, 0.15) is 11.1 Å². The van der Waals surface area contributed by atoms with Crippen LogP contribution in [0.2, 0.25) is 0 Å². The first-order chi connectivity index (χ1) is 11.9. The van der Waals surface area contributed by atoms with E-state index in [-0.39, 0.29) is 18.1 Å². The van der Waals surface area contributed by atoms with Crippen molar-refractivity contribution in [3.05, 3.63) is 70.4 Å². The summed E-state index contributed by atoms with van der Waals surface area (Å²) >= 11 is 6.42. The molecule has 0 bridgehead atoms. The molecule has 0 aromatic heterocycles. The van der Waals surface area contributed by atoms with Crippen LogP contribution in [0.3, 0.4) is 0 Å². The van der Waals surface area contributed by atoms with Crippen LogP contribution in [0.15, 0.2) is 53.4 Å². The molecule has 1 N–H and O–H groups in total. The smallest absolute Gasteiger partial charge is 0.307 e. The second kappa shape index (κ2) is 7.16. The number of carbonyl (C=O) groups is 2. The number of rotatable bonds is 4. The van der Waals surface area contributed by atoms with Crippen molar-refractivity contribution in [1.82, 2.24) is 0 Å². The number of benzene rings is 2. The highest BCUT2D eigenvalue weighted by Gasteiger charge is 2.33. The number of carboxylic acid groups (broad SMARTS) is 1. The van der Waals surface area contributed by atoms with Gasteiger partial charge in [-0.25, -0.2) is 4.39 Å². The highest BCUT2D eigenvalue weighted by Crippen LogP contribution is 2.36. The quantitative estimate of drug-likeness (QED) is 0.651. The molecule has 1 amide bonds. The van der Waals surface area contributed by atoms with Gasteiger partial charge in [0.1, 0.15) is 5.82 Å². The molecule has 2 aromatic carbocycles. The average Bonchev–Trinajstić information content (AvgIpc) is 2.82. The lowest BCUT2D eigenvalue weighted by Gasteiger charge is -2.14. The lowest BCUT2D eigenvalue weighted by atomic mass is 10.1. The third-order valence-electron chi connectivity index (χ3n) is 3.49. The largest absolute Gasteiger partial charge is 0.481 e. The molecule has 126 valence electrons. The SMILES string of the molecule is O=C(O)Cc1ccc(N2C(=O)/C(=C/c3cccc(F)c3)SC2=S)cc1. The van der Waals surface area contributed by atoms with Crippen molar-refractivity contribution in [2.24, 2.45) is 0 Å². The van der Waals surface area contributed by atoms with Gasteiger partial charge in [-0.2, -0.15) is 0 Å². The number of anilines is 1. The molecular weight excluding hydrogens is 361 g/mol. The molecule has 1 aliphatic rings. The van der Waals surface area contributed by atoms with E-state index in [9.17, 15) is 14.0 Å². The number of carboxylic acids is 1. The maximum absolute atomic E-state index is 13.3. The van der Waals surface area contributed by atoms with Gasteiger partial charge in [-0.15, -0.1) is 0 Å². The Balaban J connectivity index is 1.85. The molecule has 1 heterocycles. The Kier molecular flexibility index (Phi) is 4.96. The molecule has 0 unspecified atom stereocenters. The van der Waals surface area contributed by atoms with E-state index in [1.54, 1.807) is 42.5 Å². The Morgan fingerprint density at radius 3 is 2.60 bits per heavy atom. The zero-order valence-corrected chi connectivity index (χ0v) is 14.4. The van der Waals surface area contributed by atoms with Crippen LogP contribution >= 0.6 is 24.0 Å². The highest BCUT2D eigenvalue weighted by atomic mass is 32.2. The van der Waals surface area contributed by atoms with Gasteiger partial charge >= 0.3 is 5.97 Å². The van der Waals surface area contributed by atoms with Gasteiger partial charge in [0.15, 0.2) is 4.32 Å². The summed E-state index contributed by atoms with van der Waals surface area (Å²) in [5.41, 5.74) is 1.79. The molecule has 1 fully saturated rings. The summed E-state index contributed by atoms with van der Waals surface area (Å²) < 4.78 is 13.7. The van der Waals surface area contributed by atoms with Crippen molar-refractivity contribution in [3.63, 3.8) is 0 Å². The van der Waals surface area contributed by atoms with Crippen LogP contribution in [-0.4, -0.2) is 21.3 Å². The summed E-state index contributed by atoms with van der Waals surface area (Å²) in [5.74, 6) is -1.58. The monoisotopic (exact) mass is 373 g/mol. The molecule has 2 aromatic rings. The minimum atomic E-state index is -0.920. The lowest BCUT2D eigenvalue weighted by Crippen LogP contribution is -2.27. The Hall–Kier alpha value is -2.51. The van der Waals surface area contributed by atoms with Gasteiger partial charge < -0.3 is 5.11 Å². The normalized spacial score (nSPS) is 15.9. The van der Waals surface area contributed by atoms with Crippen molar-refractivity contribution >= 4 is 51.9 Å². The Labute approximate surface area is 153 Å². The summed E-state index contributed by atoms with van der Waals surface area (Å²) in [4.78, 5) is 25.2. The van der Waals surface area contributed by atoms with Crippen molar-refractivity contribution in [2.45, 2.75) is 6.42 Å². The molecule has 1 aliphatic heterocycles. The predicted octanol–water partition coefficient (Wildman–Crippen LogP) is 3.86. The number of amides is 1. The summed E-state index contributed by atoms with van der Waals surface area (Å²) in [6.07, 6.45) is 1.51. The van der Waals surface area contributed by atoms with Gasteiger partial charge in [0.25, 0.3) is 5.91 Å². The fourth-order valence-electron chi connectivity index (χ4n) is 2.38. The standard InChI is InChI=1S/C18H12FNO3S2/c19-13-3-1-2-12(8-13)9-15-17(23)20(18(24)25-15)14-6-4-11(5-7-14)10-16(21)22/h1-9H,10H2,(H,21,22)/b15-9-. The number of thiocarbonyl (C=S) groups is 1. The minimum Gasteiger partial charge on any atom is -0.481 e. The summed E-state index contributed by atoms with van der Waals surface area (Å²) in [7, 11) is 0. The molecule has 3 rings (SSSR count). The topological polar surface area (TPSA) is 57.6 Å². The molecule has 0 radical (unpaired) electrons. The van der Waals surface area contributed by atoms with Crippen molar-refractivity contribution in [1.29, 1.82) is 0 Å². The lowest BCUT2D eigenvalue weighted by molar-refractivity contribution is -0.136. The minimum absolute atomic E-state index is 0.0852. The summed E-state index contributed by atoms with van der Waals surface area (Å²) in [5, 5.41) is 8.80. The molecule has 25 heavy (non-hydrogen) atoms. The Morgan fingerprint density at radius 1 is 1.24 bits per heavy atom. The number of carbonyl (C=O) groups excluding carboxylic acids is 1. The maximum Gasteiger partial charge on any atom is 0.307 e. The van der Waals surface area contributed by atoms with Crippen molar-refractivity contribution < 1.29 is 19.1 Å².